The summed E-state index contributed by atoms with van der Waals surface area (Å²) in [5, 5.41) is 20.1. The van der Waals surface area contributed by atoms with Gasteiger partial charge in [-0.15, -0.1) is 11.3 Å². The molecule has 0 saturated heterocycles. The van der Waals surface area contributed by atoms with E-state index in [-0.39, 0.29) is 10.7 Å². The molecule has 0 aliphatic rings. The lowest BCUT2D eigenvalue weighted by molar-refractivity contribution is 0.0702. The van der Waals surface area contributed by atoms with Gasteiger partial charge in [-0.2, -0.15) is 5.26 Å². The zero-order chi connectivity index (χ0) is 15.7. The summed E-state index contributed by atoms with van der Waals surface area (Å²) in [5.74, 6) is -0.869. The average Bonchev–Trinajstić information content (AvgIpc) is 3.18. The minimum Gasteiger partial charge on any atom is -0.477 e. The molecule has 3 rings (SSSR count). The number of carbonyl (C=O) groups is 1. The molecular weight excluding hydrogens is 320 g/mol. The minimum absolute atomic E-state index is 0.117. The van der Waals surface area contributed by atoms with Crippen molar-refractivity contribution in [1.82, 2.24) is 9.36 Å². The molecule has 0 aliphatic heterocycles. The number of anilines is 1. The van der Waals surface area contributed by atoms with Crippen LogP contribution in [0.15, 0.2) is 29.8 Å². The van der Waals surface area contributed by atoms with Crippen molar-refractivity contribution in [2.24, 2.45) is 0 Å². The first-order chi connectivity index (χ1) is 10.6. The van der Waals surface area contributed by atoms with E-state index in [9.17, 15) is 10.1 Å². The highest BCUT2D eigenvalue weighted by atomic mass is 32.1. The second-order valence-corrected chi connectivity index (χ2v) is 6.05. The normalized spacial score (nSPS) is 10.3. The van der Waals surface area contributed by atoms with Crippen molar-refractivity contribution in [1.29, 1.82) is 5.26 Å². The molecule has 3 aromatic heterocycles. The number of nitrogens with zero attached hydrogens (tertiary/aromatic N) is 3. The molecule has 0 unspecified atom stereocenters. The molecule has 8 heteroatoms. The fraction of sp³-hybridized carbons (Fsp3) is 0. The van der Waals surface area contributed by atoms with Gasteiger partial charge in [-0.25, -0.2) is 14.2 Å². The van der Waals surface area contributed by atoms with E-state index in [4.69, 9.17) is 10.8 Å². The summed E-state index contributed by atoms with van der Waals surface area (Å²) in [6.07, 6.45) is 1.65. The predicted octanol–water partition coefficient (Wildman–Crippen LogP) is 3.09. The maximum Gasteiger partial charge on any atom is 0.345 e. The number of hydrogen-bond acceptors (Lipinski definition) is 7. The maximum atomic E-state index is 11.0. The van der Waals surface area contributed by atoms with E-state index in [1.165, 1.54) is 17.6 Å². The van der Waals surface area contributed by atoms with Crippen molar-refractivity contribution in [3.63, 3.8) is 0 Å². The van der Waals surface area contributed by atoms with Crippen molar-refractivity contribution < 1.29 is 9.90 Å². The third kappa shape index (κ3) is 2.43. The van der Waals surface area contributed by atoms with Crippen LogP contribution in [0, 0.1) is 11.3 Å². The van der Waals surface area contributed by atoms with Crippen LogP contribution in [0.3, 0.4) is 0 Å². The van der Waals surface area contributed by atoms with E-state index in [1.54, 1.807) is 18.3 Å². The number of nitrogens with two attached hydrogens (primary N) is 1. The largest absolute Gasteiger partial charge is 0.477 e. The van der Waals surface area contributed by atoms with Gasteiger partial charge in [-0.05, 0) is 29.7 Å². The van der Waals surface area contributed by atoms with E-state index < -0.39 is 5.97 Å². The molecule has 3 aromatic rings. The molecule has 0 radical (unpaired) electrons. The number of carboxylic acids is 1. The van der Waals surface area contributed by atoms with Gasteiger partial charge >= 0.3 is 5.97 Å². The number of aromatic nitrogens is 2. The Kier molecular flexibility index (Phi) is 3.58. The van der Waals surface area contributed by atoms with Crippen LogP contribution in [-0.4, -0.2) is 20.4 Å². The standard InChI is InChI=1S/C14H8N4O2S2/c15-4-9-8(7-5-17-21-6-7)3-10(18-13(9)16)11-1-2-12(22-11)14(19)20/h1-3,5-6H,(H2,16,18)(H,19,20). The van der Waals surface area contributed by atoms with E-state index in [0.29, 0.717) is 21.7 Å². The average molecular weight is 328 g/mol. The Balaban J connectivity index is 2.17. The number of thiophene rings is 1. The predicted molar refractivity (Wildman–Crippen MR) is 84.7 cm³/mol. The Hall–Kier alpha value is -2.76. The molecule has 22 heavy (non-hydrogen) atoms. The molecule has 0 amide bonds. The van der Waals surface area contributed by atoms with Crippen LogP contribution in [0.2, 0.25) is 0 Å². The molecule has 0 fully saturated rings. The van der Waals surface area contributed by atoms with Crippen LogP contribution in [0.4, 0.5) is 5.82 Å². The van der Waals surface area contributed by atoms with Gasteiger partial charge in [-0.3, -0.25) is 0 Å². The summed E-state index contributed by atoms with van der Waals surface area (Å²) in [6, 6.07) is 6.98. The van der Waals surface area contributed by atoms with Gasteiger partial charge in [0, 0.05) is 22.7 Å². The summed E-state index contributed by atoms with van der Waals surface area (Å²) in [7, 11) is 0. The lowest BCUT2D eigenvalue weighted by Crippen LogP contribution is -1.98. The molecule has 0 atom stereocenters. The first-order valence-electron chi connectivity index (χ1n) is 6.04. The molecule has 0 bridgehead atoms. The number of nitriles is 1. The zero-order valence-electron chi connectivity index (χ0n) is 11.0. The number of hydrogen-bond donors (Lipinski definition) is 2. The van der Waals surface area contributed by atoms with Crippen LogP contribution in [0.1, 0.15) is 15.2 Å². The molecule has 108 valence electrons. The Bertz CT molecular complexity index is 894. The molecular formula is C14H8N4O2S2. The van der Waals surface area contributed by atoms with Crippen LogP contribution >= 0.6 is 22.9 Å². The summed E-state index contributed by atoms with van der Waals surface area (Å²) >= 11 is 2.38. The van der Waals surface area contributed by atoms with E-state index >= 15 is 0 Å². The number of pyridine rings is 1. The number of rotatable bonds is 3. The van der Waals surface area contributed by atoms with Gasteiger partial charge in [0.15, 0.2) is 0 Å². The zero-order valence-corrected chi connectivity index (χ0v) is 12.6. The second-order valence-electron chi connectivity index (χ2n) is 4.31. The van der Waals surface area contributed by atoms with Gasteiger partial charge in [0.05, 0.1) is 10.6 Å². The van der Waals surface area contributed by atoms with Crippen molar-refractivity contribution in [2.45, 2.75) is 0 Å². The van der Waals surface area contributed by atoms with Gasteiger partial charge in [0.25, 0.3) is 0 Å². The van der Waals surface area contributed by atoms with Gasteiger partial charge in [0.1, 0.15) is 22.3 Å². The summed E-state index contributed by atoms with van der Waals surface area (Å²) in [6.45, 7) is 0. The van der Waals surface area contributed by atoms with Gasteiger partial charge in [0.2, 0.25) is 0 Å². The molecule has 3 N–H and O–H groups in total. The topological polar surface area (TPSA) is 113 Å². The lowest BCUT2D eigenvalue weighted by Gasteiger charge is -2.07. The fourth-order valence-electron chi connectivity index (χ4n) is 1.96. The molecule has 6 nitrogen and oxygen atoms in total. The van der Waals surface area contributed by atoms with Crippen LogP contribution in [0.5, 0.6) is 0 Å². The number of nitrogen functional groups attached to an aromatic ring is 1. The number of carboxylic acid groups (broad SMARTS) is 1. The first-order valence-corrected chi connectivity index (χ1v) is 7.69. The molecule has 0 aliphatic carbocycles. The molecule has 0 saturated carbocycles. The Morgan fingerprint density at radius 3 is 2.82 bits per heavy atom. The van der Waals surface area contributed by atoms with E-state index in [2.05, 4.69) is 15.4 Å². The highest BCUT2D eigenvalue weighted by Crippen LogP contribution is 2.34. The fourth-order valence-corrected chi connectivity index (χ4v) is 3.31. The Labute approximate surface area is 133 Å². The highest BCUT2D eigenvalue weighted by Gasteiger charge is 2.16. The summed E-state index contributed by atoms with van der Waals surface area (Å²) < 4.78 is 4.03. The second kappa shape index (κ2) is 5.55. The minimum atomic E-state index is -0.986. The first kappa shape index (κ1) is 14.2. The van der Waals surface area contributed by atoms with Crippen molar-refractivity contribution >= 4 is 34.7 Å². The van der Waals surface area contributed by atoms with Gasteiger partial charge in [-0.1, -0.05) is 0 Å². The van der Waals surface area contributed by atoms with E-state index in [1.807, 2.05) is 5.38 Å². The van der Waals surface area contributed by atoms with Crippen molar-refractivity contribution in [2.75, 3.05) is 5.73 Å². The highest BCUT2D eigenvalue weighted by molar-refractivity contribution is 7.17. The maximum absolute atomic E-state index is 11.0. The molecule has 3 heterocycles. The Morgan fingerprint density at radius 1 is 1.41 bits per heavy atom. The SMILES string of the molecule is N#Cc1c(-c2cnsc2)cc(-c2ccc(C(=O)O)s2)nc1N. The third-order valence-corrected chi connectivity index (χ3v) is 4.65. The van der Waals surface area contributed by atoms with Crippen LogP contribution < -0.4 is 5.73 Å². The van der Waals surface area contributed by atoms with Gasteiger partial charge < -0.3 is 10.8 Å². The molecule has 0 aromatic carbocycles. The van der Waals surface area contributed by atoms with Crippen molar-refractivity contribution in [3.8, 4) is 27.8 Å². The van der Waals surface area contributed by atoms with E-state index in [0.717, 1.165) is 16.9 Å². The summed E-state index contributed by atoms with van der Waals surface area (Å²) in [5.41, 5.74) is 8.14. The molecule has 0 spiro atoms. The van der Waals surface area contributed by atoms with Crippen molar-refractivity contribution in [3.05, 3.63) is 40.2 Å². The summed E-state index contributed by atoms with van der Waals surface area (Å²) in [4.78, 5) is 16.1. The lowest BCUT2D eigenvalue weighted by atomic mass is 10.0. The number of aromatic carboxylic acids is 1. The van der Waals surface area contributed by atoms with Crippen LogP contribution in [-0.2, 0) is 0 Å². The monoisotopic (exact) mass is 328 g/mol. The Morgan fingerprint density at radius 2 is 2.23 bits per heavy atom. The smallest absolute Gasteiger partial charge is 0.345 e. The quantitative estimate of drug-likeness (QED) is 0.764. The third-order valence-electron chi connectivity index (χ3n) is 2.97. The van der Waals surface area contributed by atoms with Crippen LogP contribution in [0.25, 0.3) is 21.7 Å².